The molecule has 1 fully saturated rings. The first-order valence-electron chi connectivity index (χ1n) is 6.35. The standard InChI is InChI=1S/C13H23N3O/c1-12(2,3)14-7-6-10-15-11(16-17-10)9-8-13(9,4)5/h9,14H,6-8H2,1-5H3. The first kappa shape index (κ1) is 12.6. The van der Waals surface area contributed by atoms with Crippen molar-refractivity contribution in [3.8, 4) is 0 Å². The summed E-state index contributed by atoms with van der Waals surface area (Å²) in [6.07, 6.45) is 1.98. The molecule has 1 aromatic heterocycles. The highest BCUT2D eigenvalue weighted by Crippen LogP contribution is 2.57. The van der Waals surface area contributed by atoms with Crippen LogP contribution in [0.1, 0.15) is 58.7 Å². The Balaban J connectivity index is 1.83. The van der Waals surface area contributed by atoms with Gasteiger partial charge in [-0.05, 0) is 32.6 Å². The minimum Gasteiger partial charge on any atom is -0.339 e. The van der Waals surface area contributed by atoms with Crippen molar-refractivity contribution in [2.75, 3.05) is 6.54 Å². The summed E-state index contributed by atoms with van der Waals surface area (Å²) < 4.78 is 5.27. The quantitative estimate of drug-likeness (QED) is 0.874. The minimum atomic E-state index is 0.140. The van der Waals surface area contributed by atoms with Crippen molar-refractivity contribution in [1.82, 2.24) is 15.5 Å². The van der Waals surface area contributed by atoms with Gasteiger partial charge in [0.2, 0.25) is 5.89 Å². The smallest absolute Gasteiger partial charge is 0.227 e. The average Bonchev–Trinajstić information content (AvgIpc) is 2.60. The van der Waals surface area contributed by atoms with E-state index in [1.54, 1.807) is 0 Å². The molecule has 1 unspecified atom stereocenters. The van der Waals surface area contributed by atoms with Gasteiger partial charge in [0.1, 0.15) is 0 Å². The molecule has 17 heavy (non-hydrogen) atoms. The molecule has 1 atom stereocenters. The van der Waals surface area contributed by atoms with Crippen LogP contribution in [0.5, 0.6) is 0 Å². The molecular weight excluding hydrogens is 214 g/mol. The third kappa shape index (κ3) is 3.28. The van der Waals surface area contributed by atoms with Gasteiger partial charge in [0.05, 0.1) is 0 Å². The molecule has 4 nitrogen and oxygen atoms in total. The van der Waals surface area contributed by atoms with Gasteiger partial charge in [-0.1, -0.05) is 19.0 Å². The van der Waals surface area contributed by atoms with Crippen LogP contribution in [-0.2, 0) is 6.42 Å². The maximum atomic E-state index is 5.27. The summed E-state index contributed by atoms with van der Waals surface area (Å²) in [6.45, 7) is 11.8. The fourth-order valence-corrected chi connectivity index (χ4v) is 1.96. The van der Waals surface area contributed by atoms with Crippen LogP contribution in [0.4, 0.5) is 0 Å². The van der Waals surface area contributed by atoms with E-state index >= 15 is 0 Å². The number of aromatic nitrogens is 2. The largest absolute Gasteiger partial charge is 0.339 e. The van der Waals surface area contributed by atoms with E-state index in [1.165, 1.54) is 6.42 Å². The topological polar surface area (TPSA) is 51.0 Å². The number of rotatable bonds is 4. The van der Waals surface area contributed by atoms with E-state index in [2.05, 4.69) is 50.1 Å². The van der Waals surface area contributed by atoms with Crippen LogP contribution in [0.3, 0.4) is 0 Å². The molecule has 0 bridgehead atoms. The SMILES string of the molecule is CC(C)(C)NCCc1nc(C2CC2(C)C)no1. The van der Waals surface area contributed by atoms with Crippen molar-refractivity contribution in [3.63, 3.8) is 0 Å². The summed E-state index contributed by atoms with van der Waals surface area (Å²) in [7, 11) is 0. The zero-order chi connectivity index (χ0) is 12.7. The second-order valence-corrected chi connectivity index (χ2v) is 6.72. The highest BCUT2D eigenvalue weighted by molar-refractivity contribution is 5.14. The average molecular weight is 237 g/mol. The van der Waals surface area contributed by atoms with E-state index in [0.717, 1.165) is 24.7 Å². The van der Waals surface area contributed by atoms with Gasteiger partial charge < -0.3 is 9.84 Å². The molecule has 1 aliphatic carbocycles. The Hall–Kier alpha value is -0.900. The van der Waals surface area contributed by atoms with Crippen LogP contribution in [0.15, 0.2) is 4.52 Å². The Morgan fingerprint density at radius 3 is 2.59 bits per heavy atom. The second-order valence-electron chi connectivity index (χ2n) is 6.72. The first-order valence-corrected chi connectivity index (χ1v) is 6.35. The van der Waals surface area contributed by atoms with Crippen molar-refractivity contribution in [2.45, 2.75) is 58.9 Å². The Morgan fingerprint density at radius 2 is 2.06 bits per heavy atom. The number of nitrogens with one attached hydrogen (secondary N) is 1. The lowest BCUT2D eigenvalue weighted by molar-refractivity contribution is 0.357. The molecule has 1 saturated carbocycles. The van der Waals surface area contributed by atoms with Crippen LogP contribution < -0.4 is 5.32 Å². The van der Waals surface area contributed by atoms with Gasteiger partial charge in [-0.2, -0.15) is 4.98 Å². The van der Waals surface area contributed by atoms with Gasteiger partial charge in [0.15, 0.2) is 5.82 Å². The predicted octanol–water partition coefficient (Wildman–Crippen LogP) is 2.51. The molecule has 1 aromatic rings. The van der Waals surface area contributed by atoms with Crippen molar-refractivity contribution >= 4 is 0 Å². The molecular formula is C13H23N3O. The molecule has 0 amide bonds. The third-order valence-electron chi connectivity index (χ3n) is 3.30. The monoisotopic (exact) mass is 237 g/mol. The Bertz CT molecular complexity index is 390. The second kappa shape index (κ2) is 4.09. The van der Waals surface area contributed by atoms with E-state index < -0.39 is 0 Å². The summed E-state index contributed by atoms with van der Waals surface area (Å²) >= 11 is 0. The molecule has 4 heteroatoms. The Labute approximate surface area is 103 Å². The highest BCUT2D eigenvalue weighted by Gasteiger charge is 2.49. The normalized spacial score (nSPS) is 22.8. The van der Waals surface area contributed by atoms with Gasteiger partial charge in [-0.15, -0.1) is 0 Å². The summed E-state index contributed by atoms with van der Waals surface area (Å²) in [5.41, 5.74) is 0.506. The highest BCUT2D eigenvalue weighted by atomic mass is 16.5. The predicted molar refractivity (Wildman–Crippen MR) is 66.9 cm³/mol. The van der Waals surface area contributed by atoms with Crippen LogP contribution in [0.2, 0.25) is 0 Å². The van der Waals surface area contributed by atoms with E-state index in [4.69, 9.17) is 4.52 Å². The van der Waals surface area contributed by atoms with Gasteiger partial charge in [-0.25, -0.2) is 0 Å². The minimum absolute atomic E-state index is 0.140. The van der Waals surface area contributed by atoms with Crippen LogP contribution >= 0.6 is 0 Å². The summed E-state index contributed by atoms with van der Waals surface area (Å²) in [5.74, 6) is 2.13. The van der Waals surface area contributed by atoms with E-state index in [0.29, 0.717) is 11.3 Å². The number of hydrogen-bond acceptors (Lipinski definition) is 4. The molecule has 0 aliphatic heterocycles. The van der Waals surface area contributed by atoms with E-state index in [-0.39, 0.29) is 5.54 Å². The zero-order valence-corrected chi connectivity index (χ0v) is 11.5. The van der Waals surface area contributed by atoms with Gasteiger partial charge in [-0.3, -0.25) is 0 Å². The molecule has 0 saturated heterocycles. The molecule has 96 valence electrons. The number of nitrogens with zero attached hydrogens (tertiary/aromatic N) is 2. The van der Waals surface area contributed by atoms with E-state index in [1.807, 2.05) is 0 Å². The molecule has 1 heterocycles. The van der Waals surface area contributed by atoms with Crippen molar-refractivity contribution in [2.24, 2.45) is 5.41 Å². The summed E-state index contributed by atoms with van der Waals surface area (Å²) in [4.78, 5) is 4.47. The Morgan fingerprint density at radius 1 is 1.41 bits per heavy atom. The fourth-order valence-electron chi connectivity index (χ4n) is 1.96. The molecule has 1 N–H and O–H groups in total. The molecule has 2 rings (SSSR count). The van der Waals surface area contributed by atoms with Gasteiger partial charge in [0, 0.05) is 24.4 Å². The fraction of sp³-hybridized carbons (Fsp3) is 0.846. The van der Waals surface area contributed by atoms with Crippen LogP contribution in [0.25, 0.3) is 0 Å². The maximum Gasteiger partial charge on any atom is 0.227 e. The van der Waals surface area contributed by atoms with Gasteiger partial charge in [0.25, 0.3) is 0 Å². The summed E-state index contributed by atoms with van der Waals surface area (Å²) in [6, 6.07) is 0. The van der Waals surface area contributed by atoms with Crippen LogP contribution in [0, 0.1) is 5.41 Å². The molecule has 0 spiro atoms. The molecule has 0 radical (unpaired) electrons. The van der Waals surface area contributed by atoms with E-state index in [9.17, 15) is 0 Å². The van der Waals surface area contributed by atoms with Crippen molar-refractivity contribution < 1.29 is 4.52 Å². The summed E-state index contributed by atoms with van der Waals surface area (Å²) in [5, 5.41) is 7.49. The molecule has 0 aromatic carbocycles. The number of hydrogen-bond donors (Lipinski definition) is 1. The third-order valence-corrected chi connectivity index (χ3v) is 3.30. The first-order chi connectivity index (χ1) is 7.78. The van der Waals surface area contributed by atoms with Crippen LogP contribution in [-0.4, -0.2) is 22.2 Å². The van der Waals surface area contributed by atoms with Gasteiger partial charge >= 0.3 is 0 Å². The lowest BCUT2D eigenvalue weighted by Crippen LogP contribution is -2.37. The maximum absolute atomic E-state index is 5.27. The zero-order valence-electron chi connectivity index (χ0n) is 11.5. The van der Waals surface area contributed by atoms with Crippen molar-refractivity contribution in [1.29, 1.82) is 0 Å². The molecule has 1 aliphatic rings. The Kier molecular flexibility index (Phi) is 3.02. The van der Waals surface area contributed by atoms with Crippen molar-refractivity contribution in [3.05, 3.63) is 11.7 Å². The lowest BCUT2D eigenvalue weighted by Gasteiger charge is -2.19. The lowest BCUT2D eigenvalue weighted by atomic mass is 10.1.